The molecule has 306 valence electrons. The molecule has 15 nitrogen and oxygen atoms in total. The van der Waals surface area contributed by atoms with Gasteiger partial charge in [-0.1, -0.05) is 82.4 Å². The van der Waals surface area contributed by atoms with E-state index in [1.54, 1.807) is 6.92 Å². The van der Waals surface area contributed by atoms with E-state index in [0.29, 0.717) is 6.42 Å². The number of carbonyl (C=O) groups excluding carboxylic acids is 2. The zero-order chi connectivity index (χ0) is 39.0. The van der Waals surface area contributed by atoms with Crippen molar-refractivity contribution in [3.8, 4) is 0 Å². The Balaban J connectivity index is 1.74. The van der Waals surface area contributed by atoms with Crippen LogP contribution in [0.3, 0.4) is 0 Å². The van der Waals surface area contributed by atoms with Gasteiger partial charge in [-0.2, -0.15) is 0 Å². The van der Waals surface area contributed by atoms with Crippen LogP contribution in [-0.4, -0.2) is 142 Å². The third kappa shape index (κ3) is 17.8. The van der Waals surface area contributed by atoms with Gasteiger partial charge in [-0.05, 0) is 38.5 Å². The van der Waals surface area contributed by atoms with Gasteiger partial charge in [0.25, 0.3) is 0 Å². The number of rotatable bonds is 26. The molecule has 0 aromatic heterocycles. The number of esters is 2. The van der Waals surface area contributed by atoms with Gasteiger partial charge in [0.05, 0.1) is 19.8 Å². The van der Waals surface area contributed by atoms with Crippen molar-refractivity contribution in [3.05, 3.63) is 36.5 Å². The molecule has 0 saturated carbocycles. The van der Waals surface area contributed by atoms with E-state index >= 15 is 0 Å². The summed E-state index contributed by atoms with van der Waals surface area (Å²) in [7, 11) is 0. The molecule has 11 unspecified atom stereocenters. The first-order valence-electron chi connectivity index (χ1n) is 19.1. The summed E-state index contributed by atoms with van der Waals surface area (Å²) >= 11 is 0. The fraction of sp³-hybridized carbons (Fsp3) is 0.789. The molecular weight excluding hydrogens is 696 g/mol. The van der Waals surface area contributed by atoms with E-state index in [1.165, 1.54) is 0 Å². The molecule has 0 aromatic rings. The van der Waals surface area contributed by atoms with Crippen LogP contribution in [0, 0.1) is 0 Å². The number of hydrogen-bond donors (Lipinski definition) is 7. The summed E-state index contributed by atoms with van der Waals surface area (Å²) in [5.41, 5.74) is 0. The first kappa shape index (κ1) is 46.9. The van der Waals surface area contributed by atoms with Gasteiger partial charge in [-0.15, -0.1) is 0 Å². The van der Waals surface area contributed by atoms with Gasteiger partial charge < -0.3 is 64.2 Å². The number of allylic oxidation sites excluding steroid dienone is 6. The Bertz CT molecular complexity index is 1080. The number of aliphatic hydroxyl groups excluding tert-OH is 7. The lowest BCUT2D eigenvalue weighted by atomic mass is 9.98. The molecule has 0 radical (unpaired) electrons. The van der Waals surface area contributed by atoms with Crippen molar-refractivity contribution in [1.82, 2.24) is 0 Å². The zero-order valence-electron chi connectivity index (χ0n) is 31.2. The van der Waals surface area contributed by atoms with Crippen LogP contribution in [0.25, 0.3) is 0 Å². The highest BCUT2D eigenvalue weighted by atomic mass is 16.7. The number of ether oxygens (including phenoxy) is 6. The first-order valence-corrected chi connectivity index (χ1v) is 19.1. The lowest BCUT2D eigenvalue weighted by molar-refractivity contribution is -0.332. The van der Waals surface area contributed by atoms with E-state index in [9.17, 15) is 45.3 Å². The molecule has 15 heteroatoms. The van der Waals surface area contributed by atoms with Crippen LogP contribution in [0.4, 0.5) is 0 Å². The van der Waals surface area contributed by atoms with Gasteiger partial charge in [0, 0.05) is 12.8 Å². The molecule has 2 fully saturated rings. The van der Waals surface area contributed by atoms with E-state index in [-0.39, 0.29) is 19.4 Å². The van der Waals surface area contributed by atoms with Crippen LogP contribution in [0.5, 0.6) is 0 Å². The van der Waals surface area contributed by atoms with Gasteiger partial charge in [-0.25, -0.2) is 0 Å². The largest absolute Gasteiger partial charge is 0.462 e. The Morgan fingerprint density at radius 3 is 1.79 bits per heavy atom. The average Bonchev–Trinajstić information content (AvgIpc) is 3.15. The maximum absolute atomic E-state index is 12.7. The van der Waals surface area contributed by atoms with Gasteiger partial charge in [0.1, 0.15) is 55.4 Å². The zero-order valence-corrected chi connectivity index (χ0v) is 31.2. The number of unbranched alkanes of at least 4 members (excludes halogenated alkanes) is 7. The minimum absolute atomic E-state index is 0.0951. The van der Waals surface area contributed by atoms with Crippen molar-refractivity contribution in [1.29, 1.82) is 0 Å². The van der Waals surface area contributed by atoms with Crippen LogP contribution in [0.2, 0.25) is 0 Å². The van der Waals surface area contributed by atoms with Crippen LogP contribution >= 0.6 is 0 Å². The van der Waals surface area contributed by atoms with Gasteiger partial charge in [0.2, 0.25) is 0 Å². The van der Waals surface area contributed by atoms with Crippen molar-refractivity contribution >= 4 is 11.9 Å². The fourth-order valence-corrected chi connectivity index (χ4v) is 5.68. The highest BCUT2D eigenvalue weighted by molar-refractivity contribution is 5.70. The predicted molar refractivity (Wildman–Crippen MR) is 192 cm³/mol. The molecule has 2 saturated heterocycles. The average molecular weight is 761 g/mol. The lowest BCUT2D eigenvalue weighted by Crippen LogP contribution is -2.61. The summed E-state index contributed by atoms with van der Waals surface area (Å²) in [6.45, 7) is 1.81. The molecule has 0 bridgehead atoms. The Morgan fingerprint density at radius 1 is 0.623 bits per heavy atom. The predicted octanol–water partition coefficient (Wildman–Crippen LogP) is 1.86. The minimum Gasteiger partial charge on any atom is -0.462 e. The molecule has 2 rings (SSSR count). The van der Waals surface area contributed by atoms with Crippen LogP contribution < -0.4 is 0 Å². The van der Waals surface area contributed by atoms with Crippen molar-refractivity contribution in [2.24, 2.45) is 0 Å². The number of carbonyl (C=O) groups is 2. The van der Waals surface area contributed by atoms with E-state index in [1.807, 2.05) is 0 Å². The Labute approximate surface area is 313 Å². The maximum atomic E-state index is 12.7. The third-order valence-corrected chi connectivity index (χ3v) is 8.94. The second-order valence-corrected chi connectivity index (χ2v) is 13.3. The SMILES string of the molecule is CC/C=C\C/C=C\C/C=C\CCCCCCCCCC(=O)OC(COC(=O)CC)COC1OC(COC2OC(CO)C(O)C(O)C2O)C(O)C(O)C1O. The molecular formula is C38H64O15. The monoisotopic (exact) mass is 760 g/mol. The van der Waals surface area contributed by atoms with Crippen molar-refractivity contribution in [2.45, 2.75) is 165 Å². The minimum atomic E-state index is -1.76. The molecule has 53 heavy (non-hydrogen) atoms. The third-order valence-electron chi connectivity index (χ3n) is 8.94. The van der Waals surface area contributed by atoms with Gasteiger partial charge in [-0.3, -0.25) is 9.59 Å². The summed E-state index contributed by atoms with van der Waals surface area (Å²) in [4.78, 5) is 24.5. The Morgan fingerprint density at radius 2 is 1.17 bits per heavy atom. The highest BCUT2D eigenvalue weighted by Crippen LogP contribution is 2.26. The summed E-state index contributed by atoms with van der Waals surface area (Å²) < 4.78 is 32.6. The van der Waals surface area contributed by atoms with Crippen LogP contribution in [-0.2, 0) is 38.0 Å². The second kappa shape index (κ2) is 27.3. The molecule has 0 spiro atoms. The maximum Gasteiger partial charge on any atom is 0.306 e. The number of hydrogen-bond acceptors (Lipinski definition) is 15. The summed E-state index contributed by atoms with van der Waals surface area (Å²) in [5, 5.41) is 71.0. The summed E-state index contributed by atoms with van der Waals surface area (Å²) in [6.07, 6.45) is 7.59. The molecule has 2 aliphatic rings. The summed E-state index contributed by atoms with van der Waals surface area (Å²) in [6, 6.07) is 0. The number of aliphatic hydroxyl groups is 7. The van der Waals surface area contributed by atoms with Crippen molar-refractivity contribution < 1.29 is 73.8 Å². The van der Waals surface area contributed by atoms with Gasteiger partial charge >= 0.3 is 11.9 Å². The summed E-state index contributed by atoms with van der Waals surface area (Å²) in [5.74, 6) is -1.04. The smallest absolute Gasteiger partial charge is 0.306 e. The van der Waals surface area contributed by atoms with Crippen molar-refractivity contribution in [2.75, 3.05) is 26.4 Å². The molecule has 2 heterocycles. The van der Waals surface area contributed by atoms with Crippen LogP contribution in [0.15, 0.2) is 36.5 Å². The van der Waals surface area contributed by atoms with E-state index in [0.717, 1.165) is 64.2 Å². The molecule has 7 N–H and O–H groups in total. The lowest BCUT2D eigenvalue weighted by Gasteiger charge is -2.42. The van der Waals surface area contributed by atoms with E-state index < -0.39 is 99.3 Å². The van der Waals surface area contributed by atoms with E-state index in [2.05, 4.69) is 43.4 Å². The normalized spacial score (nSPS) is 30.0. The molecule has 2 aliphatic heterocycles. The Kier molecular flexibility index (Phi) is 24.2. The molecule has 11 atom stereocenters. The Hall–Kier alpha value is -2.28. The van der Waals surface area contributed by atoms with Crippen molar-refractivity contribution in [3.63, 3.8) is 0 Å². The first-order chi connectivity index (χ1) is 25.5. The standard InChI is InChI=1S/C38H64O15/c1-3-5-6-7-8-9-10-11-12-13-14-15-16-17-18-19-20-21-30(41)51-26(23-48-29(40)4-2)24-49-37-36(47)34(45)32(43)28(53-37)25-50-38-35(46)33(44)31(42)27(22-39)52-38/h5-6,8-9,11-12,26-28,31-39,42-47H,3-4,7,10,13-25H2,1-2H3/b6-5-,9-8-,12-11-. The highest BCUT2D eigenvalue weighted by Gasteiger charge is 2.47. The fourth-order valence-electron chi connectivity index (χ4n) is 5.68. The quantitative estimate of drug-likeness (QED) is 0.0379. The van der Waals surface area contributed by atoms with E-state index in [4.69, 9.17) is 28.4 Å². The van der Waals surface area contributed by atoms with Crippen LogP contribution in [0.1, 0.15) is 97.3 Å². The molecule has 0 amide bonds. The topological polar surface area (TPSA) is 231 Å². The molecule has 0 aromatic carbocycles. The van der Waals surface area contributed by atoms with Gasteiger partial charge in [0.15, 0.2) is 18.7 Å². The second-order valence-electron chi connectivity index (χ2n) is 13.3. The molecule has 0 aliphatic carbocycles.